The number of methoxy groups -OCH3 is 2. The molecule has 24 heavy (non-hydrogen) atoms. The molecule has 1 heterocycles. The van der Waals surface area contributed by atoms with Gasteiger partial charge < -0.3 is 19.5 Å². The molecule has 1 N–H and O–H groups in total. The highest BCUT2D eigenvalue weighted by atomic mass is 16.5. The van der Waals surface area contributed by atoms with Gasteiger partial charge in [0.2, 0.25) is 5.91 Å². The first-order chi connectivity index (χ1) is 11.6. The number of β-amino-alcohol motifs (C(OH)–C–C–N with tert-alkyl or cyclic N) is 1. The topological polar surface area (TPSA) is 59.0 Å². The quantitative estimate of drug-likeness (QED) is 0.862. The number of aliphatic hydroxyl groups excluding tert-OH is 1. The van der Waals surface area contributed by atoms with Gasteiger partial charge in [-0.3, -0.25) is 4.79 Å². The molecule has 1 aromatic carbocycles. The number of nitrogens with zero attached hydrogens (tertiary/aromatic N) is 1. The van der Waals surface area contributed by atoms with Crippen LogP contribution in [0, 0.1) is 0 Å². The van der Waals surface area contributed by atoms with E-state index in [1.54, 1.807) is 25.2 Å². The predicted octanol–water partition coefficient (Wildman–Crippen LogP) is 2.97. The molecule has 1 aliphatic carbocycles. The van der Waals surface area contributed by atoms with E-state index < -0.39 is 6.10 Å². The van der Waals surface area contributed by atoms with Crippen molar-refractivity contribution in [2.24, 2.45) is 0 Å². The zero-order valence-corrected chi connectivity index (χ0v) is 14.4. The number of carbonyl (C=O) groups is 1. The molecule has 0 aromatic heterocycles. The first-order valence-electron chi connectivity index (χ1n) is 8.51. The normalized spacial score (nSPS) is 20.2. The molecule has 0 fully saturated rings. The summed E-state index contributed by atoms with van der Waals surface area (Å²) >= 11 is 0. The molecule has 130 valence electrons. The van der Waals surface area contributed by atoms with Gasteiger partial charge in [-0.15, -0.1) is 0 Å². The Kier molecular flexibility index (Phi) is 5.09. The summed E-state index contributed by atoms with van der Waals surface area (Å²) in [6, 6.07) is 3.62. The van der Waals surface area contributed by atoms with Crippen molar-refractivity contribution in [2.75, 3.05) is 20.8 Å². The minimum Gasteiger partial charge on any atom is -0.496 e. The average Bonchev–Trinajstić information content (AvgIpc) is 2.61. The standard InChI is InChI=1S/C19H25NO4/c1-23-16-8-9-17(24-2)19-14(16)11-20(12-15(19)21)18(22)10-13-6-4-3-5-7-13/h6,8-9,15,21H,3-5,7,10-12H2,1-2H3. The number of rotatable bonds is 4. The summed E-state index contributed by atoms with van der Waals surface area (Å²) in [4.78, 5) is 14.4. The number of amides is 1. The summed E-state index contributed by atoms with van der Waals surface area (Å²) in [7, 11) is 3.18. The van der Waals surface area contributed by atoms with Gasteiger partial charge in [-0.1, -0.05) is 11.6 Å². The lowest BCUT2D eigenvalue weighted by Crippen LogP contribution is -2.38. The minimum atomic E-state index is -0.761. The van der Waals surface area contributed by atoms with Gasteiger partial charge in [0.15, 0.2) is 0 Å². The fourth-order valence-electron chi connectivity index (χ4n) is 3.64. The molecule has 0 saturated carbocycles. The maximum Gasteiger partial charge on any atom is 0.227 e. The Morgan fingerprint density at radius 3 is 2.67 bits per heavy atom. The fraction of sp³-hybridized carbons (Fsp3) is 0.526. The van der Waals surface area contributed by atoms with Crippen LogP contribution in [0.3, 0.4) is 0 Å². The molecule has 2 aliphatic rings. The number of benzene rings is 1. The van der Waals surface area contributed by atoms with Gasteiger partial charge in [0, 0.05) is 24.1 Å². The van der Waals surface area contributed by atoms with Gasteiger partial charge in [0.05, 0.1) is 20.8 Å². The number of aliphatic hydroxyl groups is 1. The third-order valence-electron chi connectivity index (χ3n) is 4.91. The third-order valence-corrected chi connectivity index (χ3v) is 4.91. The first-order valence-corrected chi connectivity index (χ1v) is 8.51. The average molecular weight is 331 g/mol. The Balaban J connectivity index is 1.83. The van der Waals surface area contributed by atoms with Gasteiger partial charge >= 0.3 is 0 Å². The highest BCUT2D eigenvalue weighted by molar-refractivity contribution is 5.79. The van der Waals surface area contributed by atoms with Crippen LogP contribution in [0.25, 0.3) is 0 Å². The van der Waals surface area contributed by atoms with E-state index in [2.05, 4.69) is 6.08 Å². The predicted molar refractivity (Wildman–Crippen MR) is 91.1 cm³/mol. The number of ether oxygens (including phenoxy) is 2. The van der Waals surface area contributed by atoms with Crippen LogP contribution in [0.5, 0.6) is 11.5 Å². The first kappa shape index (κ1) is 16.8. The second-order valence-electron chi connectivity index (χ2n) is 6.44. The third kappa shape index (κ3) is 3.26. The van der Waals surface area contributed by atoms with E-state index in [1.165, 1.54) is 12.0 Å². The Morgan fingerprint density at radius 2 is 2.00 bits per heavy atom. The molecule has 0 bridgehead atoms. The van der Waals surface area contributed by atoms with Crippen molar-refractivity contribution < 1.29 is 19.4 Å². The van der Waals surface area contributed by atoms with Crippen molar-refractivity contribution in [3.8, 4) is 11.5 Å². The summed E-state index contributed by atoms with van der Waals surface area (Å²) in [6.07, 6.45) is 6.34. The van der Waals surface area contributed by atoms with Crippen molar-refractivity contribution in [3.63, 3.8) is 0 Å². The van der Waals surface area contributed by atoms with E-state index in [1.807, 2.05) is 6.07 Å². The summed E-state index contributed by atoms with van der Waals surface area (Å²) in [6.45, 7) is 0.738. The minimum absolute atomic E-state index is 0.0673. The van der Waals surface area contributed by atoms with Gasteiger partial charge in [0.1, 0.15) is 17.6 Å². The summed E-state index contributed by atoms with van der Waals surface area (Å²) in [5.41, 5.74) is 2.79. The molecule has 1 aromatic rings. The van der Waals surface area contributed by atoms with Crippen LogP contribution in [0.1, 0.15) is 49.3 Å². The zero-order valence-electron chi connectivity index (χ0n) is 14.4. The number of fused-ring (bicyclic) bond motifs is 1. The van der Waals surface area contributed by atoms with E-state index >= 15 is 0 Å². The Labute approximate surface area is 142 Å². The Bertz CT molecular complexity index is 653. The van der Waals surface area contributed by atoms with Gasteiger partial charge in [-0.2, -0.15) is 0 Å². The van der Waals surface area contributed by atoms with E-state index in [4.69, 9.17) is 9.47 Å². The molecular weight excluding hydrogens is 306 g/mol. The number of allylic oxidation sites excluding steroid dienone is 1. The van der Waals surface area contributed by atoms with Crippen LogP contribution in [-0.4, -0.2) is 36.7 Å². The van der Waals surface area contributed by atoms with Crippen LogP contribution in [0.4, 0.5) is 0 Å². The summed E-state index contributed by atoms with van der Waals surface area (Å²) < 4.78 is 10.8. The fourth-order valence-corrected chi connectivity index (χ4v) is 3.64. The van der Waals surface area contributed by atoms with Crippen molar-refractivity contribution in [3.05, 3.63) is 34.9 Å². The van der Waals surface area contributed by atoms with Crippen LogP contribution >= 0.6 is 0 Å². The van der Waals surface area contributed by atoms with Crippen LogP contribution in [0.2, 0.25) is 0 Å². The van der Waals surface area contributed by atoms with Crippen molar-refractivity contribution >= 4 is 5.91 Å². The highest BCUT2D eigenvalue weighted by Crippen LogP contribution is 2.39. The second kappa shape index (κ2) is 7.26. The molecule has 0 saturated heterocycles. The molecule has 5 heteroatoms. The van der Waals surface area contributed by atoms with E-state index in [-0.39, 0.29) is 5.91 Å². The molecule has 0 spiro atoms. The molecule has 0 radical (unpaired) electrons. The van der Waals surface area contributed by atoms with Crippen molar-refractivity contribution in [1.29, 1.82) is 0 Å². The lowest BCUT2D eigenvalue weighted by molar-refractivity contribution is -0.133. The molecule has 5 nitrogen and oxygen atoms in total. The largest absolute Gasteiger partial charge is 0.496 e. The molecular formula is C19H25NO4. The molecule has 1 aliphatic heterocycles. The van der Waals surface area contributed by atoms with E-state index in [0.29, 0.717) is 31.0 Å². The highest BCUT2D eigenvalue weighted by Gasteiger charge is 2.32. The maximum atomic E-state index is 12.7. The summed E-state index contributed by atoms with van der Waals surface area (Å²) in [5, 5.41) is 10.6. The molecule has 1 amide bonds. The number of carbonyl (C=O) groups excluding carboxylic acids is 1. The van der Waals surface area contributed by atoms with Crippen LogP contribution in [-0.2, 0) is 11.3 Å². The van der Waals surface area contributed by atoms with Gasteiger partial charge in [-0.05, 0) is 37.8 Å². The Hall–Kier alpha value is -2.01. The van der Waals surface area contributed by atoms with E-state index in [9.17, 15) is 9.90 Å². The lowest BCUT2D eigenvalue weighted by Gasteiger charge is -2.34. The number of hydrogen-bond acceptors (Lipinski definition) is 4. The smallest absolute Gasteiger partial charge is 0.227 e. The molecule has 1 unspecified atom stereocenters. The van der Waals surface area contributed by atoms with E-state index in [0.717, 1.165) is 30.4 Å². The maximum absolute atomic E-state index is 12.7. The Morgan fingerprint density at radius 1 is 1.25 bits per heavy atom. The van der Waals surface area contributed by atoms with Gasteiger partial charge in [-0.25, -0.2) is 0 Å². The second-order valence-corrected chi connectivity index (χ2v) is 6.44. The SMILES string of the molecule is COc1ccc(OC)c2c1CN(C(=O)CC1=CCCCC1)CC2O. The van der Waals surface area contributed by atoms with Crippen LogP contribution < -0.4 is 9.47 Å². The summed E-state index contributed by atoms with van der Waals surface area (Å²) in [5.74, 6) is 1.39. The molecule has 1 atom stereocenters. The monoisotopic (exact) mass is 331 g/mol. The zero-order chi connectivity index (χ0) is 17.1. The number of hydrogen-bond donors (Lipinski definition) is 1. The van der Waals surface area contributed by atoms with Crippen molar-refractivity contribution in [2.45, 2.75) is 44.8 Å². The lowest BCUT2D eigenvalue weighted by atomic mass is 9.93. The van der Waals surface area contributed by atoms with Crippen LogP contribution in [0.15, 0.2) is 23.8 Å². The van der Waals surface area contributed by atoms with Gasteiger partial charge in [0.25, 0.3) is 0 Å². The van der Waals surface area contributed by atoms with Crippen molar-refractivity contribution in [1.82, 2.24) is 4.90 Å². The molecule has 3 rings (SSSR count).